The van der Waals surface area contributed by atoms with Crippen molar-refractivity contribution in [1.82, 2.24) is 14.5 Å². The Bertz CT molecular complexity index is 1050. The number of nitrogens with zero attached hydrogens (tertiary/aromatic N) is 3. The van der Waals surface area contributed by atoms with Crippen LogP contribution in [0.5, 0.6) is 0 Å². The Morgan fingerprint density at radius 3 is 2.16 bits per heavy atom. The summed E-state index contributed by atoms with van der Waals surface area (Å²) in [6, 6.07) is 16.5. The van der Waals surface area contributed by atoms with Crippen molar-refractivity contribution in [3.05, 3.63) is 77.1 Å². The fourth-order valence-corrected chi connectivity index (χ4v) is 3.60. The summed E-state index contributed by atoms with van der Waals surface area (Å²) < 4.78 is 2.34. The van der Waals surface area contributed by atoms with Gasteiger partial charge in [0.05, 0.1) is 17.6 Å². The molecule has 0 spiro atoms. The number of rotatable bonds is 6. The number of para-hydroxylation sites is 2. The van der Waals surface area contributed by atoms with Crippen LogP contribution in [0.15, 0.2) is 60.7 Å². The van der Waals surface area contributed by atoms with E-state index in [4.69, 9.17) is 26.8 Å². The Hall–Kier alpha value is -3.16. The number of aliphatic carboxylic acids is 2. The minimum atomic E-state index is -1.26. The Balaban J connectivity index is 0.000000293. The topological polar surface area (TPSA) is 95.7 Å². The van der Waals surface area contributed by atoms with Gasteiger partial charge in [-0.3, -0.25) is 4.90 Å². The zero-order valence-electron chi connectivity index (χ0n) is 16.9. The second-order valence-corrected chi connectivity index (χ2v) is 7.66. The Morgan fingerprint density at radius 2 is 1.55 bits per heavy atom. The molecule has 1 saturated heterocycles. The molecule has 0 radical (unpaired) electrons. The van der Waals surface area contributed by atoms with Crippen molar-refractivity contribution in [3.8, 4) is 0 Å². The number of imidazole rings is 1. The molecular formula is C23H24ClN3O4. The SMILES string of the molecule is Clc1ccc(Cn2c(CN3CCCC3)nc3ccccc32)cc1.O=C(O)/C=C\C(=O)O. The van der Waals surface area contributed by atoms with Crippen LogP contribution in [0.2, 0.25) is 5.02 Å². The summed E-state index contributed by atoms with van der Waals surface area (Å²) in [5, 5.41) is 16.4. The first kappa shape index (κ1) is 22.5. The standard InChI is InChI=1S/C19H20ClN3.C4H4O4/c20-16-9-7-15(8-10-16)13-23-18-6-2-1-5-17(18)21-19(23)14-22-11-3-4-12-22;5-3(6)1-2-4(7)8/h1-2,5-10H,3-4,11-14H2;1-2H,(H,5,6)(H,7,8)/b;2-1-. The molecule has 0 bridgehead atoms. The second-order valence-electron chi connectivity index (χ2n) is 7.22. The summed E-state index contributed by atoms with van der Waals surface area (Å²) in [5.74, 6) is -1.36. The number of fused-ring (bicyclic) bond motifs is 1. The molecule has 8 heteroatoms. The van der Waals surface area contributed by atoms with Crippen LogP contribution in [0.3, 0.4) is 0 Å². The summed E-state index contributed by atoms with van der Waals surface area (Å²) in [5.41, 5.74) is 3.53. The van der Waals surface area contributed by atoms with E-state index in [0.717, 1.165) is 29.5 Å². The molecule has 0 amide bonds. The molecule has 1 aliphatic heterocycles. The zero-order chi connectivity index (χ0) is 22.2. The van der Waals surface area contributed by atoms with Gasteiger partial charge in [0.2, 0.25) is 0 Å². The van der Waals surface area contributed by atoms with Gasteiger partial charge < -0.3 is 14.8 Å². The van der Waals surface area contributed by atoms with E-state index in [9.17, 15) is 9.59 Å². The average Bonchev–Trinajstić information content (AvgIpc) is 3.37. The third kappa shape index (κ3) is 6.67. The monoisotopic (exact) mass is 441 g/mol. The Morgan fingerprint density at radius 1 is 0.935 bits per heavy atom. The molecule has 0 saturated carbocycles. The van der Waals surface area contributed by atoms with Crippen LogP contribution in [-0.2, 0) is 22.7 Å². The minimum Gasteiger partial charge on any atom is -0.478 e. The maximum absolute atomic E-state index is 9.55. The Kier molecular flexibility index (Phi) is 7.81. The normalized spacial score (nSPS) is 14.0. The molecule has 2 heterocycles. The molecule has 0 unspecified atom stereocenters. The van der Waals surface area contributed by atoms with Gasteiger partial charge in [-0.25, -0.2) is 14.6 Å². The molecule has 31 heavy (non-hydrogen) atoms. The number of benzene rings is 2. The van der Waals surface area contributed by atoms with E-state index in [0.29, 0.717) is 12.2 Å². The van der Waals surface area contributed by atoms with E-state index < -0.39 is 11.9 Å². The van der Waals surface area contributed by atoms with Gasteiger partial charge in [-0.05, 0) is 55.8 Å². The molecular weight excluding hydrogens is 418 g/mol. The first-order chi connectivity index (χ1) is 14.9. The van der Waals surface area contributed by atoms with Crippen molar-refractivity contribution in [2.75, 3.05) is 13.1 Å². The van der Waals surface area contributed by atoms with Gasteiger partial charge in [-0.2, -0.15) is 0 Å². The minimum absolute atomic E-state index is 0.558. The smallest absolute Gasteiger partial charge is 0.328 e. The largest absolute Gasteiger partial charge is 0.478 e. The highest BCUT2D eigenvalue weighted by Gasteiger charge is 2.17. The van der Waals surface area contributed by atoms with Gasteiger partial charge in [-0.15, -0.1) is 0 Å². The first-order valence-corrected chi connectivity index (χ1v) is 10.3. The lowest BCUT2D eigenvalue weighted by Crippen LogP contribution is -2.21. The number of carbonyl (C=O) groups is 2. The molecule has 1 fully saturated rings. The molecule has 7 nitrogen and oxygen atoms in total. The van der Waals surface area contributed by atoms with Crippen LogP contribution in [0.4, 0.5) is 0 Å². The van der Waals surface area contributed by atoms with Gasteiger partial charge in [-0.1, -0.05) is 35.9 Å². The summed E-state index contributed by atoms with van der Waals surface area (Å²) >= 11 is 6.01. The van der Waals surface area contributed by atoms with E-state index in [1.807, 2.05) is 12.1 Å². The molecule has 162 valence electrons. The number of likely N-dealkylation sites (tertiary alicyclic amines) is 1. The number of hydrogen-bond acceptors (Lipinski definition) is 4. The maximum Gasteiger partial charge on any atom is 0.328 e. The summed E-state index contributed by atoms with van der Waals surface area (Å²) in [6.45, 7) is 4.14. The molecule has 2 aromatic carbocycles. The second kappa shape index (κ2) is 10.7. The van der Waals surface area contributed by atoms with Crippen molar-refractivity contribution in [2.45, 2.75) is 25.9 Å². The maximum atomic E-state index is 9.55. The fourth-order valence-electron chi connectivity index (χ4n) is 3.48. The number of hydrogen-bond donors (Lipinski definition) is 2. The van der Waals surface area contributed by atoms with Gasteiger partial charge in [0.25, 0.3) is 0 Å². The molecule has 3 aromatic rings. The van der Waals surface area contributed by atoms with Crippen molar-refractivity contribution in [1.29, 1.82) is 0 Å². The molecule has 0 atom stereocenters. The number of carboxylic acid groups (broad SMARTS) is 2. The highest BCUT2D eigenvalue weighted by atomic mass is 35.5. The van der Waals surface area contributed by atoms with Gasteiger partial charge >= 0.3 is 11.9 Å². The van der Waals surface area contributed by atoms with Crippen molar-refractivity contribution >= 4 is 34.6 Å². The fraction of sp³-hybridized carbons (Fsp3) is 0.261. The van der Waals surface area contributed by atoms with Crippen LogP contribution in [0, 0.1) is 0 Å². The van der Waals surface area contributed by atoms with Crippen LogP contribution in [-0.4, -0.2) is 49.7 Å². The summed E-state index contributed by atoms with van der Waals surface area (Å²) in [6.07, 6.45) is 3.72. The van der Waals surface area contributed by atoms with Crippen molar-refractivity contribution in [3.63, 3.8) is 0 Å². The highest BCUT2D eigenvalue weighted by Crippen LogP contribution is 2.21. The van der Waals surface area contributed by atoms with E-state index in [2.05, 4.69) is 45.9 Å². The first-order valence-electron chi connectivity index (χ1n) is 9.97. The quantitative estimate of drug-likeness (QED) is 0.560. The highest BCUT2D eigenvalue weighted by molar-refractivity contribution is 6.30. The summed E-state index contributed by atoms with van der Waals surface area (Å²) in [7, 11) is 0. The van der Waals surface area contributed by atoms with Crippen LogP contribution in [0.1, 0.15) is 24.2 Å². The van der Waals surface area contributed by atoms with Crippen LogP contribution < -0.4 is 0 Å². The average molecular weight is 442 g/mol. The third-order valence-corrected chi connectivity index (χ3v) is 5.17. The molecule has 4 rings (SSSR count). The molecule has 1 aromatic heterocycles. The third-order valence-electron chi connectivity index (χ3n) is 4.92. The van der Waals surface area contributed by atoms with Gasteiger partial charge in [0.15, 0.2) is 0 Å². The number of carboxylic acids is 2. The summed E-state index contributed by atoms with van der Waals surface area (Å²) in [4.78, 5) is 26.5. The lowest BCUT2D eigenvalue weighted by Gasteiger charge is -2.16. The lowest BCUT2D eigenvalue weighted by atomic mass is 10.2. The van der Waals surface area contributed by atoms with E-state index in [1.165, 1.54) is 37.0 Å². The number of halogens is 1. The van der Waals surface area contributed by atoms with Crippen molar-refractivity contribution < 1.29 is 19.8 Å². The Labute approximate surface area is 185 Å². The van der Waals surface area contributed by atoms with E-state index in [-0.39, 0.29) is 0 Å². The van der Waals surface area contributed by atoms with Crippen LogP contribution in [0.25, 0.3) is 11.0 Å². The van der Waals surface area contributed by atoms with Gasteiger partial charge in [0, 0.05) is 23.7 Å². The van der Waals surface area contributed by atoms with Gasteiger partial charge in [0.1, 0.15) is 5.82 Å². The lowest BCUT2D eigenvalue weighted by molar-refractivity contribution is -0.134. The van der Waals surface area contributed by atoms with E-state index in [1.54, 1.807) is 0 Å². The van der Waals surface area contributed by atoms with Crippen molar-refractivity contribution in [2.24, 2.45) is 0 Å². The molecule has 1 aliphatic rings. The molecule has 0 aliphatic carbocycles. The van der Waals surface area contributed by atoms with Crippen LogP contribution >= 0.6 is 11.6 Å². The predicted octanol–water partition coefficient (Wildman–Crippen LogP) is 4.05. The molecule has 2 N–H and O–H groups in total. The van der Waals surface area contributed by atoms with E-state index >= 15 is 0 Å². The zero-order valence-corrected chi connectivity index (χ0v) is 17.7. The predicted molar refractivity (Wildman–Crippen MR) is 119 cm³/mol. The number of aromatic nitrogens is 2.